The van der Waals surface area contributed by atoms with Crippen molar-refractivity contribution in [2.75, 3.05) is 19.7 Å². The van der Waals surface area contributed by atoms with Crippen molar-refractivity contribution in [1.82, 2.24) is 5.32 Å². The third-order valence-corrected chi connectivity index (χ3v) is 1.58. The van der Waals surface area contributed by atoms with E-state index in [2.05, 4.69) is 5.32 Å². The van der Waals surface area contributed by atoms with E-state index in [9.17, 15) is 4.79 Å². The molecule has 11 heavy (non-hydrogen) atoms. The molecule has 1 rings (SSSR count). The van der Waals surface area contributed by atoms with Crippen LogP contribution < -0.4 is 5.32 Å². The number of carbonyl (C=O) groups excluding carboxylic acids is 1. The Kier molecular flexibility index (Phi) is 3.26. The predicted octanol–water partition coefficient (Wildman–Crippen LogP) is 0.120. The monoisotopic (exact) mass is 155 g/mol. The second kappa shape index (κ2) is 4.26. The van der Waals surface area contributed by atoms with Gasteiger partial charge in [0.2, 0.25) is 0 Å². The molecule has 0 aromatic rings. The lowest BCUT2D eigenvalue weighted by molar-refractivity contribution is -0.126. The van der Waals surface area contributed by atoms with Crippen molar-refractivity contribution >= 4 is 5.78 Å². The van der Waals surface area contributed by atoms with Crippen LogP contribution in [0.4, 0.5) is 0 Å². The molecule has 1 saturated heterocycles. The molecule has 1 aliphatic heterocycles. The SMILES string of the molecule is CC=CC(=O)C1CNCCO1. The summed E-state index contributed by atoms with van der Waals surface area (Å²) in [6.07, 6.45) is 3.03. The Morgan fingerprint density at radius 2 is 2.55 bits per heavy atom. The van der Waals surface area contributed by atoms with Gasteiger partial charge in [0.25, 0.3) is 0 Å². The molecule has 1 atom stereocenters. The summed E-state index contributed by atoms with van der Waals surface area (Å²) in [5, 5.41) is 3.09. The van der Waals surface area contributed by atoms with Crippen molar-refractivity contribution in [2.24, 2.45) is 0 Å². The lowest BCUT2D eigenvalue weighted by atomic mass is 10.2. The Morgan fingerprint density at radius 3 is 3.09 bits per heavy atom. The summed E-state index contributed by atoms with van der Waals surface area (Å²) in [7, 11) is 0. The molecule has 1 heterocycles. The smallest absolute Gasteiger partial charge is 0.185 e. The minimum absolute atomic E-state index is 0.0553. The van der Waals surface area contributed by atoms with Gasteiger partial charge >= 0.3 is 0 Å². The summed E-state index contributed by atoms with van der Waals surface area (Å²) < 4.78 is 5.23. The van der Waals surface area contributed by atoms with E-state index in [0.29, 0.717) is 13.2 Å². The molecular weight excluding hydrogens is 142 g/mol. The van der Waals surface area contributed by atoms with Crippen LogP contribution in [0.2, 0.25) is 0 Å². The first kappa shape index (κ1) is 8.43. The van der Waals surface area contributed by atoms with Crippen LogP contribution >= 0.6 is 0 Å². The molecule has 1 aliphatic rings. The summed E-state index contributed by atoms with van der Waals surface area (Å²) in [5.74, 6) is 0.0553. The van der Waals surface area contributed by atoms with Crippen molar-refractivity contribution < 1.29 is 9.53 Å². The molecule has 0 amide bonds. The summed E-state index contributed by atoms with van der Waals surface area (Å²) in [6.45, 7) is 3.95. The quantitative estimate of drug-likeness (QED) is 0.576. The second-order valence-electron chi connectivity index (χ2n) is 2.47. The van der Waals surface area contributed by atoms with Gasteiger partial charge in [-0.3, -0.25) is 4.79 Å². The van der Waals surface area contributed by atoms with Crippen LogP contribution in [0.3, 0.4) is 0 Å². The molecule has 3 nitrogen and oxygen atoms in total. The average Bonchev–Trinajstić information content (AvgIpc) is 2.07. The van der Waals surface area contributed by atoms with Gasteiger partial charge in [0, 0.05) is 13.1 Å². The lowest BCUT2D eigenvalue weighted by Crippen LogP contribution is -2.42. The van der Waals surface area contributed by atoms with Crippen molar-refractivity contribution in [3.8, 4) is 0 Å². The maximum Gasteiger partial charge on any atom is 0.185 e. The lowest BCUT2D eigenvalue weighted by Gasteiger charge is -2.20. The highest BCUT2D eigenvalue weighted by molar-refractivity contribution is 5.93. The van der Waals surface area contributed by atoms with Crippen LogP contribution in [0.25, 0.3) is 0 Å². The maximum absolute atomic E-state index is 11.1. The molecule has 0 aliphatic carbocycles. The minimum Gasteiger partial charge on any atom is -0.367 e. The molecule has 0 spiro atoms. The van der Waals surface area contributed by atoms with E-state index < -0.39 is 0 Å². The first-order valence-electron chi connectivity index (χ1n) is 3.83. The third-order valence-electron chi connectivity index (χ3n) is 1.58. The number of rotatable bonds is 2. The molecule has 1 fully saturated rings. The number of nitrogens with one attached hydrogen (secondary N) is 1. The zero-order chi connectivity index (χ0) is 8.10. The number of carbonyl (C=O) groups is 1. The van der Waals surface area contributed by atoms with Crippen LogP contribution in [0.15, 0.2) is 12.2 Å². The zero-order valence-electron chi connectivity index (χ0n) is 6.67. The fourth-order valence-electron chi connectivity index (χ4n) is 1.02. The number of morpholine rings is 1. The Bertz CT molecular complexity index is 159. The Labute approximate surface area is 66.4 Å². The van der Waals surface area contributed by atoms with Crippen LogP contribution in [0.5, 0.6) is 0 Å². The maximum atomic E-state index is 11.1. The fraction of sp³-hybridized carbons (Fsp3) is 0.625. The molecule has 0 aromatic carbocycles. The Morgan fingerprint density at radius 1 is 1.73 bits per heavy atom. The summed E-state index contributed by atoms with van der Waals surface area (Å²) in [4.78, 5) is 11.1. The van der Waals surface area contributed by atoms with Crippen molar-refractivity contribution in [1.29, 1.82) is 0 Å². The molecular formula is C8H13NO2. The highest BCUT2D eigenvalue weighted by Gasteiger charge is 2.18. The van der Waals surface area contributed by atoms with Crippen molar-refractivity contribution in [2.45, 2.75) is 13.0 Å². The van der Waals surface area contributed by atoms with Crippen molar-refractivity contribution in [3.63, 3.8) is 0 Å². The summed E-state index contributed by atoms with van der Waals surface area (Å²) >= 11 is 0. The molecule has 1 unspecified atom stereocenters. The molecule has 0 radical (unpaired) electrons. The molecule has 1 N–H and O–H groups in total. The van der Waals surface area contributed by atoms with Gasteiger partial charge in [0.1, 0.15) is 6.10 Å². The number of hydrogen-bond donors (Lipinski definition) is 1. The van der Waals surface area contributed by atoms with Gasteiger partial charge in [0.15, 0.2) is 5.78 Å². The van der Waals surface area contributed by atoms with Gasteiger partial charge in [-0.15, -0.1) is 0 Å². The molecule has 0 bridgehead atoms. The molecule has 0 aromatic heterocycles. The molecule has 3 heteroatoms. The van der Waals surface area contributed by atoms with E-state index in [1.807, 2.05) is 6.92 Å². The van der Waals surface area contributed by atoms with E-state index in [1.165, 1.54) is 0 Å². The van der Waals surface area contributed by atoms with Gasteiger partial charge < -0.3 is 10.1 Å². The molecule has 0 saturated carbocycles. The third kappa shape index (κ3) is 2.44. The Hall–Kier alpha value is -0.670. The first-order valence-corrected chi connectivity index (χ1v) is 3.83. The number of hydrogen-bond acceptors (Lipinski definition) is 3. The van der Waals surface area contributed by atoms with Gasteiger partial charge in [0.05, 0.1) is 6.61 Å². The number of ether oxygens (including phenoxy) is 1. The van der Waals surface area contributed by atoms with Gasteiger partial charge in [-0.1, -0.05) is 6.08 Å². The fourth-order valence-corrected chi connectivity index (χ4v) is 1.02. The van der Waals surface area contributed by atoms with Crippen LogP contribution in [0.1, 0.15) is 6.92 Å². The molecule has 62 valence electrons. The largest absolute Gasteiger partial charge is 0.367 e. The normalized spacial score (nSPS) is 25.7. The van der Waals surface area contributed by atoms with Crippen LogP contribution in [0, 0.1) is 0 Å². The van der Waals surface area contributed by atoms with E-state index in [4.69, 9.17) is 4.74 Å². The van der Waals surface area contributed by atoms with E-state index in [-0.39, 0.29) is 11.9 Å². The summed E-state index contributed by atoms with van der Waals surface area (Å²) in [5.41, 5.74) is 0. The highest BCUT2D eigenvalue weighted by Crippen LogP contribution is 1.98. The van der Waals surface area contributed by atoms with E-state index in [1.54, 1.807) is 12.2 Å². The zero-order valence-corrected chi connectivity index (χ0v) is 6.67. The van der Waals surface area contributed by atoms with Crippen LogP contribution in [-0.4, -0.2) is 31.6 Å². The highest BCUT2D eigenvalue weighted by atomic mass is 16.5. The van der Waals surface area contributed by atoms with Crippen LogP contribution in [-0.2, 0) is 9.53 Å². The van der Waals surface area contributed by atoms with Crippen molar-refractivity contribution in [3.05, 3.63) is 12.2 Å². The second-order valence-corrected chi connectivity index (χ2v) is 2.47. The summed E-state index contributed by atoms with van der Waals surface area (Å²) in [6, 6.07) is 0. The van der Waals surface area contributed by atoms with E-state index in [0.717, 1.165) is 6.54 Å². The number of allylic oxidation sites excluding steroid dienone is 1. The standard InChI is InChI=1S/C8H13NO2/c1-2-3-7(10)8-6-9-4-5-11-8/h2-3,8-9H,4-6H2,1H3. The van der Waals surface area contributed by atoms with Gasteiger partial charge in [-0.05, 0) is 13.0 Å². The predicted molar refractivity (Wildman–Crippen MR) is 42.4 cm³/mol. The minimum atomic E-state index is -0.264. The van der Waals surface area contributed by atoms with Gasteiger partial charge in [-0.2, -0.15) is 0 Å². The average molecular weight is 155 g/mol. The Balaban J connectivity index is 2.38. The van der Waals surface area contributed by atoms with E-state index >= 15 is 0 Å². The topological polar surface area (TPSA) is 38.3 Å². The number of ketones is 1. The van der Waals surface area contributed by atoms with Gasteiger partial charge in [-0.25, -0.2) is 0 Å². The first-order chi connectivity index (χ1) is 5.34.